The molecular weight excluding hydrogens is 364 g/mol. The zero-order valence-corrected chi connectivity index (χ0v) is 17.1. The molecule has 0 bridgehead atoms. The van der Waals surface area contributed by atoms with E-state index in [1.165, 1.54) is 0 Å². The Balaban J connectivity index is 2.06. The number of carbonyl (C=O) groups excluding carboxylic acids is 2. The van der Waals surface area contributed by atoms with E-state index in [9.17, 15) is 9.59 Å². The molecule has 0 radical (unpaired) electrons. The third-order valence-electron chi connectivity index (χ3n) is 4.67. The van der Waals surface area contributed by atoms with Crippen LogP contribution in [0.4, 0.5) is 0 Å². The molecule has 5 heteroatoms. The van der Waals surface area contributed by atoms with Crippen molar-refractivity contribution in [3.63, 3.8) is 0 Å². The first kappa shape index (κ1) is 22.4. The monoisotopic (exact) mass is 394 g/mol. The number of amides is 2. The van der Waals surface area contributed by atoms with E-state index >= 15 is 0 Å². The van der Waals surface area contributed by atoms with Crippen LogP contribution in [0.2, 0.25) is 0 Å². The molecular formula is C24H30N2O3. The van der Waals surface area contributed by atoms with Crippen LogP contribution in [0.15, 0.2) is 66.7 Å². The van der Waals surface area contributed by atoms with Crippen LogP contribution in [0.3, 0.4) is 0 Å². The lowest BCUT2D eigenvalue weighted by Gasteiger charge is -2.24. The molecule has 2 aromatic carbocycles. The van der Waals surface area contributed by atoms with Crippen molar-refractivity contribution in [2.45, 2.75) is 33.3 Å². The van der Waals surface area contributed by atoms with Gasteiger partial charge in [-0.15, -0.1) is 0 Å². The van der Waals surface area contributed by atoms with Crippen molar-refractivity contribution in [3.8, 4) is 0 Å². The van der Waals surface area contributed by atoms with Crippen LogP contribution in [-0.2, 0) is 21.0 Å². The predicted molar refractivity (Wildman–Crippen MR) is 115 cm³/mol. The number of nitrogens with two attached hydrogens (primary N) is 1. The number of hydrogen-bond acceptors (Lipinski definition) is 3. The maximum atomic E-state index is 12.8. The van der Waals surface area contributed by atoms with Gasteiger partial charge in [0.1, 0.15) is 0 Å². The topological polar surface area (TPSA) is 81.4 Å². The molecule has 0 saturated heterocycles. The minimum absolute atomic E-state index is 0.242. The first-order valence-electron chi connectivity index (χ1n) is 9.94. The fourth-order valence-corrected chi connectivity index (χ4v) is 3.20. The molecule has 2 amide bonds. The first-order valence-corrected chi connectivity index (χ1v) is 9.94. The van der Waals surface area contributed by atoms with Gasteiger partial charge in [0, 0.05) is 5.92 Å². The summed E-state index contributed by atoms with van der Waals surface area (Å²) in [5.41, 5.74) is 10.1. The van der Waals surface area contributed by atoms with E-state index < -0.39 is 17.7 Å². The van der Waals surface area contributed by atoms with E-state index in [0.717, 1.165) is 11.1 Å². The van der Waals surface area contributed by atoms with Crippen LogP contribution in [0.25, 0.3) is 6.08 Å². The number of benzene rings is 2. The standard InChI is InChI=1S/C24H30N2O3/c1-18(2)16-22(23(25)27)21(15-9-14-19-10-5-3-6-11-19)24(28)26-29-17-20-12-7-4-8-13-20/h3-14,18,21-22H,15-17H2,1-2H3,(H2,25,27)(H,26,28)/t21-,22?/m0/s1. The Labute approximate surface area is 172 Å². The molecule has 0 aliphatic heterocycles. The van der Waals surface area contributed by atoms with Crippen molar-refractivity contribution in [3.05, 3.63) is 77.9 Å². The van der Waals surface area contributed by atoms with Crippen molar-refractivity contribution in [1.29, 1.82) is 0 Å². The molecule has 29 heavy (non-hydrogen) atoms. The summed E-state index contributed by atoms with van der Waals surface area (Å²) >= 11 is 0. The second-order valence-corrected chi connectivity index (χ2v) is 7.53. The van der Waals surface area contributed by atoms with Crippen molar-refractivity contribution < 1.29 is 14.4 Å². The zero-order chi connectivity index (χ0) is 21.1. The maximum absolute atomic E-state index is 12.8. The largest absolute Gasteiger partial charge is 0.369 e. The van der Waals surface area contributed by atoms with Crippen LogP contribution >= 0.6 is 0 Å². The van der Waals surface area contributed by atoms with Gasteiger partial charge < -0.3 is 5.73 Å². The molecule has 0 saturated carbocycles. The van der Waals surface area contributed by atoms with E-state index in [1.54, 1.807) is 0 Å². The van der Waals surface area contributed by atoms with Crippen LogP contribution in [0.1, 0.15) is 37.8 Å². The van der Waals surface area contributed by atoms with Crippen molar-refractivity contribution in [1.82, 2.24) is 5.48 Å². The van der Waals surface area contributed by atoms with Crippen LogP contribution in [-0.4, -0.2) is 11.8 Å². The molecule has 1 unspecified atom stereocenters. The molecule has 2 atom stereocenters. The first-order chi connectivity index (χ1) is 14.0. The molecule has 154 valence electrons. The van der Waals surface area contributed by atoms with Gasteiger partial charge in [-0.05, 0) is 29.9 Å². The van der Waals surface area contributed by atoms with Crippen LogP contribution in [0, 0.1) is 17.8 Å². The Morgan fingerprint density at radius 1 is 1.00 bits per heavy atom. The molecule has 0 aliphatic rings. The third kappa shape index (κ3) is 7.92. The van der Waals surface area contributed by atoms with Gasteiger partial charge in [-0.1, -0.05) is 86.7 Å². The molecule has 0 heterocycles. The van der Waals surface area contributed by atoms with Gasteiger partial charge in [-0.25, -0.2) is 5.48 Å². The summed E-state index contributed by atoms with van der Waals surface area (Å²) < 4.78 is 0. The summed E-state index contributed by atoms with van der Waals surface area (Å²) in [5.74, 6) is -1.70. The Morgan fingerprint density at radius 3 is 2.21 bits per heavy atom. The van der Waals surface area contributed by atoms with Gasteiger partial charge in [-0.2, -0.15) is 0 Å². The highest BCUT2D eigenvalue weighted by molar-refractivity contribution is 5.86. The highest BCUT2D eigenvalue weighted by Crippen LogP contribution is 2.25. The lowest BCUT2D eigenvalue weighted by molar-refractivity contribution is -0.144. The Kier molecular flexibility index (Phi) is 9.12. The number of carbonyl (C=O) groups is 2. The molecule has 3 N–H and O–H groups in total. The fourth-order valence-electron chi connectivity index (χ4n) is 3.20. The summed E-state index contributed by atoms with van der Waals surface area (Å²) in [6.45, 7) is 4.28. The summed E-state index contributed by atoms with van der Waals surface area (Å²) in [5, 5.41) is 0. The number of nitrogens with one attached hydrogen (secondary N) is 1. The lowest BCUT2D eigenvalue weighted by Crippen LogP contribution is -2.40. The van der Waals surface area contributed by atoms with Gasteiger partial charge in [0.15, 0.2) is 0 Å². The average molecular weight is 395 g/mol. The quantitative estimate of drug-likeness (QED) is 0.563. The van der Waals surface area contributed by atoms with E-state index in [0.29, 0.717) is 12.8 Å². The van der Waals surface area contributed by atoms with E-state index in [2.05, 4.69) is 5.48 Å². The Bertz CT molecular complexity index is 788. The summed E-state index contributed by atoms with van der Waals surface area (Å²) in [4.78, 5) is 30.3. The molecule has 0 spiro atoms. The highest BCUT2D eigenvalue weighted by Gasteiger charge is 2.32. The molecule has 2 rings (SSSR count). The van der Waals surface area contributed by atoms with Gasteiger partial charge in [0.05, 0.1) is 12.5 Å². The van der Waals surface area contributed by atoms with Gasteiger partial charge in [0.2, 0.25) is 11.8 Å². The van der Waals surface area contributed by atoms with Gasteiger partial charge in [-0.3, -0.25) is 14.4 Å². The van der Waals surface area contributed by atoms with E-state index in [4.69, 9.17) is 10.6 Å². The number of rotatable bonds is 11. The summed E-state index contributed by atoms with van der Waals surface area (Å²) in [6, 6.07) is 19.4. The SMILES string of the molecule is CC(C)CC(C(N)=O)[C@H](CC=Cc1ccccc1)C(=O)NOCc1ccccc1. The average Bonchev–Trinajstić information content (AvgIpc) is 2.71. The van der Waals surface area contributed by atoms with Crippen LogP contribution < -0.4 is 11.2 Å². The third-order valence-corrected chi connectivity index (χ3v) is 4.67. The number of primary amides is 1. The van der Waals surface area contributed by atoms with E-state index in [-0.39, 0.29) is 18.4 Å². The lowest BCUT2D eigenvalue weighted by atomic mass is 9.82. The second-order valence-electron chi connectivity index (χ2n) is 7.53. The molecule has 0 aliphatic carbocycles. The normalized spacial score (nSPS) is 13.3. The fraction of sp³-hybridized carbons (Fsp3) is 0.333. The minimum Gasteiger partial charge on any atom is -0.369 e. The van der Waals surface area contributed by atoms with E-state index in [1.807, 2.05) is 86.7 Å². The Morgan fingerprint density at radius 2 is 1.62 bits per heavy atom. The summed E-state index contributed by atoms with van der Waals surface area (Å²) in [6.07, 6.45) is 4.80. The minimum atomic E-state index is -0.592. The number of hydrogen-bond donors (Lipinski definition) is 2. The smallest absolute Gasteiger partial charge is 0.247 e. The second kappa shape index (κ2) is 11.8. The van der Waals surface area contributed by atoms with Gasteiger partial charge in [0.25, 0.3) is 0 Å². The Hall–Kier alpha value is -2.92. The number of allylic oxidation sites excluding steroid dienone is 1. The molecule has 0 fully saturated rings. The van der Waals surface area contributed by atoms with Crippen molar-refractivity contribution in [2.24, 2.45) is 23.5 Å². The summed E-state index contributed by atoms with van der Waals surface area (Å²) in [7, 11) is 0. The van der Waals surface area contributed by atoms with Crippen LogP contribution in [0.5, 0.6) is 0 Å². The molecule has 0 aromatic heterocycles. The van der Waals surface area contributed by atoms with Crippen molar-refractivity contribution >= 4 is 17.9 Å². The predicted octanol–water partition coefficient (Wildman–Crippen LogP) is 4.10. The zero-order valence-electron chi connectivity index (χ0n) is 17.1. The van der Waals surface area contributed by atoms with Gasteiger partial charge >= 0.3 is 0 Å². The van der Waals surface area contributed by atoms with Crippen molar-refractivity contribution in [2.75, 3.05) is 0 Å². The number of hydroxylamine groups is 1. The highest BCUT2D eigenvalue weighted by atomic mass is 16.6. The molecule has 2 aromatic rings. The molecule has 5 nitrogen and oxygen atoms in total. The maximum Gasteiger partial charge on any atom is 0.247 e.